The van der Waals surface area contributed by atoms with Gasteiger partial charge in [0.1, 0.15) is 0 Å². The van der Waals surface area contributed by atoms with Crippen LogP contribution >= 0.6 is 11.6 Å². The van der Waals surface area contributed by atoms with Crippen molar-refractivity contribution in [2.45, 2.75) is 39.5 Å². The van der Waals surface area contributed by atoms with Gasteiger partial charge >= 0.3 is 11.9 Å². The lowest BCUT2D eigenvalue weighted by Gasteiger charge is -2.14. The molecule has 0 heterocycles. The second-order valence-electron chi connectivity index (χ2n) is 4.36. The maximum absolute atomic E-state index is 11.3. The molecule has 1 rings (SSSR count). The van der Waals surface area contributed by atoms with Crippen molar-refractivity contribution in [1.29, 1.82) is 0 Å². The summed E-state index contributed by atoms with van der Waals surface area (Å²) in [6.07, 6.45) is 2.61. The molecule has 0 amide bonds. The highest BCUT2D eigenvalue weighted by Gasteiger charge is 2.24. The summed E-state index contributed by atoms with van der Waals surface area (Å²) in [5.74, 6) is -2.48. The van der Waals surface area contributed by atoms with Crippen LogP contribution in [0.3, 0.4) is 0 Å². The van der Waals surface area contributed by atoms with Crippen LogP contribution in [0.4, 0.5) is 0 Å². The van der Waals surface area contributed by atoms with Crippen molar-refractivity contribution in [3.8, 4) is 0 Å². The van der Waals surface area contributed by atoms with Crippen molar-refractivity contribution in [2.24, 2.45) is 0 Å². The molecule has 2 N–H and O–H groups in total. The van der Waals surface area contributed by atoms with Crippen molar-refractivity contribution in [1.82, 2.24) is 0 Å². The number of aromatic carboxylic acids is 2. The molecule has 0 radical (unpaired) electrons. The predicted molar refractivity (Wildman–Crippen MR) is 73.4 cm³/mol. The number of hydrogen-bond donors (Lipinski definition) is 2. The average Bonchev–Trinajstić information content (AvgIpc) is 2.33. The van der Waals surface area contributed by atoms with Crippen LogP contribution in [0.25, 0.3) is 0 Å². The quantitative estimate of drug-likeness (QED) is 0.836. The van der Waals surface area contributed by atoms with Crippen LogP contribution in [0, 0.1) is 0 Å². The number of halogens is 1. The van der Waals surface area contributed by atoms with Crippen LogP contribution in [0.1, 0.15) is 58.5 Å². The zero-order chi connectivity index (χ0) is 14.6. The van der Waals surface area contributed by atoms with Gasteiger partial charge in [-0.1, -0.05) is 38.3 Å². The molecule has 0 saturated carbocycles. The number of rotatable bonds is 6. The molecule has 0 aromatic heterocycles. The van der Waals surface area contributed by atoms with Crippen molar-refractivity contribution >= 4 is 23.5 Å². The summed E-state index contributed by atoms with van der Waals surface area (Å²) in [4.78, 5) is 22.6. The molecule has 0 aliphatic heterocycles. The second kappa shape index (κ2) is 6.57. The van der Waals surface area contributed by atoms with Crippen LogP contribution in [-0.2, 0) is 12.8 Å². The number of carboxylic acid groups (broad SMARTS) is 2. The maximum atomic E-state index is 11.3. The van der Waals surface area contributed by atoms with E-state index in [1.165, 1.54) is 6.07 Å². The number of benzene rings is 1. The zero-order valence-corrected chi connectivity index (χ0v) is 11.8. The van der Waals surface area contributed by atoms with Gasteiger partial charge in [-0.05, 0) is 30.0 Å². The van der Waals surface area contributed by atoms with Crippen LogP contribution in [-0.4, -0.2) is 22.2 Å². The Kier molecular flexibility index (Phi) is 5.36. The number of carbonyl (C=O) groups is 2. The molecule has 0 spiro atoms. The van der Waals surface area contributed by atoms with E-state index in [9.17, 15) is 19.8 Å². The average molecular weight is 285 g/mol. The normalized spacial score (nSPS) is 10.5. The summed E-state index contributed by atoms with van der Waals surface area (Å²) in [6, 6.07) is 1.39. The first-order valence-corrected chi connectivity index (χ1v) is 6.62. The van der Waals surface area contributed by atoms with E-state index in [0.29, 0.717) is 35.4 Å². The van der Waals surface area contributed by atoms with Gasteiger partial charge in [0.05, 0.1) is 11.1 Å². The largest absolute Gasteiger partial charge is 0.478 e. The third kappa shape index (κ3) is 3.26. The Hall–Kier alpha value is -1.55. The molecular weight excluding hydrogens is 268 g/mol. The molecule has 0 unspecified atom stereocenters. The van der Waals surface area contributed by atoms with Gasteiger partial charge < -0.3 is 10.2 Å². The van der Waals surface area contributed by atoms with Gasteiger partial charge in [-0.15, -0.1) is 0 Å². The molecule has 0 saturated heterocycles. The Bertz CT molecular complexity index is 509. The van der Waals surface area contributed by atoms with Crippen LogP contribution in [0.5, 0.6) is 0 Å². The lowest BCUT2D eigenvalue weighted by molar-refractivity contribution is 0.0650. The zero-order valence-electron chi connectivity index (χ0n) is 11.0. The summed E-state index contributed by atoms with van der Waals surface area (Å²) in [7, 11) is 0. The molecule has 0 fully saturated rings. The standard InChI is InChI=1S/C14H17ClO4/c1-3-5-8-7-10(13(16)17)11(14(18)19)9(6-4-2)12(8)15/h7H,3-6H2,1-2H3,(H,16,17)(H,18,19). The molecule has 0 bridgehead atoms. The van der Waals surface area contributed by atoms with Crippen molar-refractivity contribution in [3.63, 3.8) is 0 Å². The third-order valence-corrected chi connectivity index (χ3v) is 3.37. The van der Waals surface area contributed by atoms with Crippen molar-refractivity contribution < 1.29 is 19.8 Å². The second-order valence-corrected chi connectivity index (χ2v) is 4.74. The van der Waals surface area contributed by atoms with E-state index in [1.54, 1.807) is 0 Å². The molecule has 5 heteroatoms. The van der Waals surface area contributed by atoms with E-state index >= 15 is 0 Å². The summed E-state index contributed by atoms with van der Waals surface area (Å²) in [5, 5.41) is 18.8. The SMILES string of the molecule is CCCc1cc(C(=O)O)c(C(=O)O)c(CCC)c1Cl. The fourth-order valence-electron chi connectivity index (χ4n) is 2.12. The Morgan fingerprint density at radius 2 is 1.68 bits per heavy atom. The van der Waals surface area contributed by atoms with E-state index in [0.717, 1.165) is 6.42 Å². The van der Waals surface area contributed by atoms with Crippen molar-refractivity contribution in [3.05, 3.63) is 33.3 Å². The Balaban J connectivity index is 3.62. The minimum absolute atomic E-state index is 0.177. The fourth-order valence-corrected chi connectivity index (χ4v) is 2.46. The lowest BCUT2D eigenvalue weighted by atomic mass is 9.93. The van der Waals surface area contributed by atoms with Gasteiger partial charge in [0.15, 0.2) is 0 Å². The van der Waals surface area contributed by atoms with Gasteiger partial charge in [0.2, 0.25) is 0 Å². The van der Waals surface area contributed by atoms with E-state index in [4.69, 9.17) is 11.6 Å². The highest BCUT2D eigenvalue weighted by atomic mass is 35.5. The number of hydrogen-bond acceptors (Lipinski definition) is 2. The molecule has 1 aromatic carbocycles. The first kappa shape index (κ1) is 15.5. The Morgan fingerprint density at radius 3 is 2.11 bits per heavy atom. The Labute approximate surface area is 117 Å². The van der Waals surface area contributed by atoms with Crippen LogP contribution in [0.15, 0.2) is 6.07 Å². The summed E-state index contributed by atoms with van der Waals surface area (Å²) in [5.41, 5.74) is 0.776. The van der Waals surface area contributed by atoms with Gasteiger partial charge in [0, 0.05) is 5.02 Å². The molecule has 0 aliphatic carbocycles. The van der Waals surface area contributed by atoms with Crippen LogP contribution in [0.2, 0.25) is 5.02 Å². The predicted octanol–water partition coefficient (Wildman–Crippen LogP) is 3.64. The first-order chi connectivity index (χ1) is 8.93. The smallest absolute Gasteiger partial charge is 0.336 e. The maximum Gasteiger partial charge on any atom is 0.336 e. The van der Waals surface area contributed by atoms with Crippen molar-refractivity contribution in [2.75, 3.05) is 0 Å². The third-order valence-electron chi connectivity index (χ3n) is 2.90. The lowest BCUT2D eigenvalue weighted by Crippen LogP contribution is -2.13. The van der Waals surface area contributed by atoms with E-state index in [-0.39, 0.29) is 11.1 Å². The van der Waals surface area contributed by atoms with Crippen LogP contribution < -0.4 is 0 Å². The molecule has 1 aromatic rings. The van der Waals surface area contributed by atoms with Gasteiger partial charge in [0.25, 0.3) is 0 Å². The van der Waals surface area contributed by atoms with Gasteiger partial charge in [-0.25, -0.2) is 9.59 Å². The fraction of sp³-hybridized carbons (Fsp3) is 0.429. The van der Waals surface area contributed by atoms with E-state index in [1.807, 2.05) is 13.8 Å². The van der Waals surface area contributed by atoms with Gasteiger partial charge in [-0.3, -0.25) is 0 Å². The number of aryl methyl sites for hydroxylation is 1. The summed E-state index contributed by atoms with van der Waals surface area (Å²) < 4.78 is 0. The van der Waals surface area contributed by atoms with Gasteiger partial charge in [-0.2, -0.15) is 0 Å². The molecule has 4 nitrogen and oxygen atoms in total. The highest BCUT2D eigenvalue weighted by molar-refractivity contribution is 6.33. The topological polar surface area (TPSA) is 74.6 Å². The minimum Gasteiger partial charge on any atom is -0.478 e. The van der Waals surface area contributed by atoms with E-state index in [2.05, 4.69) is 0 Å². The number of carboxylic acids is 2. The molecule has 0 aliphatic rings. The Morgan fingerprint density at radius 1 is 1.11 bits per heavy atom. The summed E-state index contributed by atoms with van der Waals surface area (Å²) in [6.45, 7) is 3.86. The minimum atomic E-state index is -1.24. The molecule has 0 atom stereocenters. The first-order valence-electron chi connectivity index (χ1n) is 6.24. The highest BCUT2D eigenvalue weighted by Crippen LogP contribution is 2.30. The molecule has 104 valence electrons. The monoisotopic (exact) mass is 284 g/mol. The summed E-state index contributed by atoms with van der Waals surface area (Å²) >= 11 is 6.24. The van der Waals surface area contributed by atoms with E-state index < -0.39 is 11.9 Å². The molecular formula is C14H17ClO4. The molecule has 19 heavy (non-hydrogen) atoms.